The lowest BCUT2D eigenvalue weighted by molar-refractivity contribution is 0.112. The summed E-state index contributed by atoms with van der Waals surface area (Å²) in [6, 6.07) is 3.20. The Morgan fingerprint density at radius 3 is 2.57 bits per heavy atom. The first-order chi connectivity index (χ1) is 6.42. The van der Waals surface area contributed by atoms with E-state index in [2.05, 4.69) is 0 Å². The average molecular weight is 218 g/mol. The highest BCUT2D eigenvalue weighted by molar-refractivity contribution is 7.50. The number of rotatable bonds is 3. The van der Waals surface area contributed by atoms with Crippen LogP contribution in [0, 0.1) is 5.82 Å². The van der Waals surface area contributed by atoms with Crippen LogP contribution in [-0.2, 0) is 10.7 Å². The molecule has 0 spiro atoms. The monoisotopic (exact) mass is 218 g/mol. The summed E-state index contributed by atoms with van der Waals surface area (Å²) >= 11 is 0. The molecule has 0 atom stereocenters. The van der Waals surface area contributed by atoms with Crippen LogP contribution < -0.4 is 0 Å². The molecule has 1 aromatic carbocycles. The Morgan fingerprint density at radius 1 is 1.43 bits per heavy atom. The standard InChI is InChI=1S/C8H8FO4P/c9-8-2-1-6(4-10)7(3-8)5-14(11,12)13/h1-4H,5H2,(H2,11,12,13). The SMILES string of the molecule is O=Cc1ccc(F)cc1CP(=O)(O)O. The summed E-state index contributed by atoms with van der Waals surface area (Å²) in [5.41, 5.74) is 0.114. The van der Waals surface area contributed by atoms with E-state index < -0.39 is 19.6 Å². The van der Waals surface area contributed by atoms with E-state index in [0.717, 1.165) is 12.1 Å². The van der Waals surface area contributed by atoms with E-state index in [-0.39, 0.29) is 11.1 Å². The molecule has 0 aromatic heterocycles. The summed E-state index contributed by atoms with van der Waals surface area (Å²) in [6.45, 7) is 0. The van der Waals surface area contributed by atoms with E-state index in [4.69, 9.17) is 9.79 Å². The van der Waals surface area contributed by atoms with Gasteiger partial charge in [0.2, 0.25) is 0 Å². The zero-order valence-electron chi connectivity index (χ0n) is 7.05. The topological polar surface area (TPSA) is 74.6 Å². The molecule has 0 saturated carbocycles. The smallest absolute Gasteiger partial charge is 0.324 e. The highest BCUT2D eigenvalue weighted by Gasteiger charge is 2.16. The number of benzene rings is 1. The first kappa shape index (κ1) is 11.0. The van der Waals surface area contributed by atoms with Crippen molar-refractivity contribution < 1.29 is 23.5 Å². The zero-order chi connectivity index (χ0) is 10.8. The van der Waals surface area contributed by atoms with Gasteiger partial charge in [-0.1, -0.05) is 0 Å². The van der Waals surface area contributed by atoms with Crippen molar-refractivity contribution in [2.45, 2.75) is 6.16 Å². The van der Waals surface area contributed by atoms with Crippen LogP contribution in [0.2, 0.25) is 0 Å². The fourth-order valence-electron chi connectivity index (χ4n) is 1.05. The van der Waals surface area contributed by atoms with Gasteiger partial charge in [0.25, 0.3) is 0 Å². The Bertz CT molecular complexity index is 398. The first-order valence-electron chi connectivity index (χ1n) is 3.70. The number of hydrogen-bond donors (Lipinski definition) is 2. The van der Waals surface area contributed by atoms with Crippen molar-refractivity contribution in [1.82, 2.24) is 0 Å². The van der Waals surface area contributed by atoms with Gasteiger partial charge in [0.1, 0.15) is 12.1 Å². The number of halogens is 1. The molecule has 0 aliphatic carbocycles. The number of carbonyl (C=O) groups excluding carboxylic acids is 1. The minimum absolute atomic E-state index is 0.0216. The van der Waals surface area contributed by atoms with Gasteiger partial charge in [-0.15, -0.1) is 0 Å². The Balaban J connectivity index is 3.11. The summed E-state index contributed by atoms with van der Waals surface area (Å²) in [6.07, 6.45) is -0.191. The molecule has 0 radical (unpaired) electrons. The van der Waals surface area contributed by atoms with Crippen LogP contribution in [0.1, 0.15) is 15.9 Å². The third-order valence-corrected chi connectivity index (χ3v) is 2.36. The maximum atomic E-state index is 12.7. The van der Waals surface area contributed by atoms with Crippen LogP contribution in [0.5, 0.6) is 0 Å². The molecule has 0 saturated heterocycles. The second-order valence-electron chi connectivity index (χ2n) is 2.78. The van der Waals surface area contributed by atoms with Crippen molar-refractivity contribution in [2.75, 3.05) is 0 Å². The molecular formula is C8H8FO4P. The second-order valence-corrected chi connectivity index (χ2v) is 4.43. The highest BCUT2D eigenvalue weighted by atomic mass is 31.2. The third kappa shape index (κ3) is 3.03. The largest absolute Gasteiger partial charge is 0.329 e. The molecule has 0 unspecified atom stereocenters. The summed E-state index contributed by atoms with van der Waals surface area (Å²) in [7, 11) is -4.27. The van der Waals surface area contributed by atoms with E-state index >= 15 is 0 Å². The molecular weight excluding hydrogens is 210 g/mol. The zero-order valence-corrected chi connectivity index (χ0v) is 7.95. The molecule has 0 aliphatic rings. The summed E-state index contributed by atoms with van der Waals surface area (Å²) in [5.74, 6) is -0.626. The Hall–Kier alpha value is -1.03. The fraction of sp³-hybridized carbons (Fsp3) is 0.125. The van der Waals surface area contributed by atoms with Gasteiger partial charge in [-0.2, -0.15) is 0 Å². The molecule has 4 nitrogen and oxygen atoms in total. The maximum Gasteiger partial charge on any atom is 0.329 e. The van der Waals surface area contributed by atoms with E-state index in [1.807, 2.05) is 0 Å². The number of aldehydes is 1. The van der Waals surface area contributed by atoms with Gasteiger partial charge < -0.3 is 9.79 Å². The lowest BCUT2D eigenvalue weighted by Gasteiger charge is -2.06. The molecule has 1 aromatic rings. The van der Waals surface area contributed by atoms with Crippen molar-refractivity contribution in [3.8, 4) is 0 Å². The van der Waals surface area contributed by atoms with Gasteiger partial charge in [-0.25, -0.2) is 4.39 Å². The quantitative estimate of drug-likeness (QED) is 0.592. The Morgan fingerprint density at radius 2 is 2.07 bits per heavy atom. The van der Waals surface area contributed by atoms with Crippen molar-refractivity contribution in [1.29, 1.82) is 0 Å². The Labute approximate surface area is 79.5 Å². The third-order valence-electron chi connectivity index (χ3n) is 1.61. The van der Waals surface area contributed by atoms with Gasteiger partial charge in [0.05, 0.1) is 6.16 Å². The van der Waals surface area contributed by atoms with Crippen LogP contribution in [-0.4, -0.2) is 16.1 Å². The van der Waals surface area contributed by atoms with Crippen molar-refractivity contribution in [2.24, 2.45) is 0 Å². The Kier molecular flexibility index (Phi) is 3.16. The fourth-order valence-corrected chi connectivity index (χ4v) is 1.77. The molecule has 0 bridgehead atoms. The van der Waals surface area contributed by atoms with Crippen LogP contribution >= 0.6 is 7.60 Å². The summed E-state index contributed by atoms with van der Waals surface area (Å²) in [4.78, 5) is 27.8. The van der Waals surface area contributed by atoms with Crippen LogP contribution in [0.4, 0.5) is 4.39 Å². The predicted octanol–water partition coefficient (Wildman–Crippen LogP) is 1.32. The minimum Gasteiger partial charge on any atom is -0.324 e. The van der Waals surface area contributed by atoms with Crippen LogP contribution in [0.3, 0.4) is 0 Å². The van der Waals surface area contributed by atoms with E-state index in [1.165, 1.54) is 6.07 Å². The van der Waals surface area contributed by atoms with Gasteiger partial charge >= 0.3 is 7.60 Å². The molecule has 0 amide bonds. The first-order valence-corrected chi connectivity index (χ1v) is 5.50. The van der Waals surface area contributed by atoms with Crippen molar-refractivity contribution in [3.63, 3.8) is 0 Å². The molecule has 0 heterocycles. The predicted molar refractivity (Wildman–Crippen MR) is 47.5 cm³/mol. The van der Waals surface area contributed by atoms with Gasteiger partial charge in [0, 0.05) is 5.56 Å². The van der Waals surface area contributed by atoms with E-state index in [1.54, 1.807) is 0 Å². The number of carbonyl (C=O) groups is 1. The van der Waals surface area contributed by atoms with Crippen molar-refractivity contribution >= 4 is 13.9 Å². The van der Waals surface area contributed by atoms with Gasteiger partial charge in [0.15, 0.2) is 0 Å². The average Bonchev–Trinajstić information content (AvgIpc) is 2.01. The van der Waals surface area contributed by atoms with Gasteiger partial charge in [-0.3, -0.25) is 9.36 Å². The molecule has 1 rings (SSSR count). The van der Waals surface area contributed by atoms with E-state index in [0.29, 0.717) is 6.29 Å². The second kappa shape index (κ2) is 4.00. The lowest BCUT2D eigenvalue weighted by Crippen LogP contribution is -1.95. The lowest BCUT2D eigenvalue weighted by atomic mass is 10.1. The molecule has 6 heteroatoms. The highest BCUT2D eigenvalue weighted by Crippen LogP contribution is 2.39. The molecule has 0 fully saturated rings. The molecule has 2 N–H and O–H groups in total. The molecule has 0 aliphatic heterocycles. The van der Waals surface area contributed by atoms with Crippen molar-refractivity contribution in [3.05, 3.63) is 35.1 Å². The van der Waals surface area contributed by atoms with E-state index in [9.17, 15) is 13.8 Å². The molecule has 14 heavy (non-hydrogen) atoms. The van der Waals surface area contributed by atoms with Gasteiger partial charge in [-0.05, 0) is 23.8 Å². The maximum absolute atomic E-state index is 12.7. The minimum atomic E-state index is -4.27. The number of hydrogen-bond acceptors (Lipinski definition) is 2. The molecule has 76 valence electrons. The van der Waals surface area contributed by atoms with Crippen LogP contribution in [0.25, 0.3) is 0 Å². The summed E-state index contributed by atoms with van der Waals surface area (Å²) in [5, 5.41) is 0. The normalized spacial score (nSPS) is 11.4. The summed E-state index contributed by atoms with van der Waals surface area (Å²) < 4.78 is 23.3. The van der Waals surface area contributed by atoms with Crippen LogP contribution in [0.15, 0.2) is 18.2 Å².